The zero-order valence-corrected chi connectivity index (χ0v) is 14.8. The van der Waals surface area contributed by atoms with Crippen LogP contribution in [0.4, 0.5) is 0 Å². The lowest BCUT2D eigenvalue weighted by Crippen LogP contribution is -2.25. The predicted octanol–water partition coefficient (Wildman–Crippen LogP) is 3.85. The maximum atomic E-state index is 5.16. The average Bonchev–Trinajstić information content (AvgIpc) is 2.67. The molecule has 0 aliphatic carbocycles. The Bertz CT molecular complexity index is 736. The number of hydrazone groups is 1. The van der Waals surface area contributed by atoms with Crippen molar-refractivity contribution in [3.63, 3.8) is 0 Å². The number of thioether (sulfide) groups is 1. The minimum Gasteiger partial charge on any atom is -0.497 e. The smallest absolute Gasteiger partial charge is 0.177 e. The molecule has 0 fully saturated rings. The number of hydrogen-bond acceptors (Lipinski definition) is 4. The summed E-state index contributed by atoms with van der Waals surface area (Å²) in [5.41, 5.74) is 7.79. The Morgan fingerprint density at radius 3 is 2.38 bits per heavy atom. The van der Waals surface area contributed by atoms with Gasteiger partial charge in [0.05, 0.1) is 19.4 Å². The molecule has 4 nitrogen and oxygen atoms in total. The van der Waals surface area contributed by atoms with Gasteiger partial charge in [0, 0.05) is 5.75 Å². The number of amidine groups is 1. The van der Waals surface area contributed by atoms with E-state index in [0.29, 0.717) is 6.54 Å². The van der Waals surface area contributed by atoms with Gasteiger partial charge in [0.2, 0.25) is 0 Å². The summed E-state index contributed by atoms with van der Waals surface area (Å²) >= 11 is 1.69. The molecular weight excluding hydrogens is 318 g/mol. The highest BCUT2D eigenvalue weighted by atomic mass is 32.2. The van der Waals surface area contributed by atoms with Crippen molar-refractivity contribution < 1.29 is 4.74 Å². The molecule has 0 unspecified atom stereocenters. The van der Waals surface area contributed by atoms with E-state index in [2.05, 4.69) is 46.7 Å². The molecule has 1 N–H and O–H groups in total. The molecule has 0 bridgehead atoms. The van der Waals surface area contributed by atoms with Crippen LogP contribution in [-0.4, -0.2) is 23.7 Å². The number of nitrogens with one attached hydrogen (secondary N) is 1. The highest BCUT2D eigenvalue weighted by Crippen LogP contribution is 2.16. The Kier molecular flexibility index (Phi) is 5.54. The largest absolute Gasteiger partial charge is 0.497 e. The molecule has 0 atom stereocenters. The van der Waals surface area contributed by atoms with Crippen molar-refractivity contribution >= 4 is 22.6 Å². The maximum absolute atomic E-state index is 5.16. The highest BCUT2D eigenvalue weighted by molar-refractivity contribution is 8.14. The number of hydrogen-bond donors (Lipinski definition) is 1. The third-order valence-corrected chi connectivity index (χ3v) is 4.80. The van der Waals surface area contributed by atoms with Gasteiger partial charge in [-0.25, -0.2) is 0 Å². The molecule has 0 saturated heterocycles. The summed E-state index contributed by atoms with van der Waals surface area (Å²) in [5, 5.41) is 5.33. The van der Waals surface area contributed by atoms with Crippen LogP contribution in [0, 0.1) is 0 Å². The second kappa shape index (κ2) is 8.02. The molecule has 0 spiro atoms. The van der Waals surface area contributed by atoms with Crippen molar-refractivity contribution in [3.05, 3.63) is 65.2 Å². The first-order valence-electron chi connectivity index (χ1n) is 8.00. The van der Waals surface area contributed by atoms with Crippen LogP contribution < -0.4 is 10.2 Å². The van der Waals surface area contributed by atoms with Gasteiger partial charge in [-0.1, -0.05) is 55.1 Å². The van der Waals surface area contributed by atoms with E-state index in [4.69, 9.17) is 4.74 Å². The third kappa shape index (κ3) is 4.17. The first-order chi connectivity index (χ1) is 11.8. The van der Waals surface area contributed by atoms with Crippen molar-refractivity contribution in [1.82, 2.24) is 5.43 Å². The minimum atomic E-state index is 0.634. The second-order valence-electron chi connectivity index (χ2n) is 5.48. The molecule has 1 heterocycles. The summed E-state index contributed by atoms with van der Waals surface area (Å²) < 4.78 is 5.16. The summed E-state index contributed by atoms with van der Waals surface area (Å²) in [5.74, 6) is 1.69. The molecule has 3 rings (SSSR count). The van der Waals surface area contributed by atoms with E-state index < -0.39 is 0 Å². The lowest BCUT2D eigenvalue weighted by molar-refractivity contribution is 0.414. The Labute approximate surface area is 147 Å². The van der Waals surface area contributed by atoms with Gasteiger partial charge in [0.1, 0.15) is 5.75 Å². The SMILES string of the molecule is CCc1ccc(C2=NNC(=NCc3ccc(OC)cc3)SC2)cc1. The zero-order chi connectivity index (χ0) is 16.8. The lowest BCUT2D eigenvalue weighted by atomic mass is 10.1. The van der Waals surface area contributed by atoms with E-state index in [0.717, 1.165) is 34.4 Å². The van der Waals surface area contributed by atoms with Crippen LogP contribution in [-0.2, 0) is 13.0 Å². The third-order valence-electron chi connectivity index (χ3n) is 3.89. The van der Waals surface area contributed by atoms with E-state index >= 15 is 0 Å². The molecule has 24 heavy (non-hydrogen) atoms. The van der Waals surface area contributed by atoms with Crippen molar-refractivity contribution in [2.45, 2.75) is 19.9 Å². The fourth-order valence-electron chi connectivity index (χ4n) is 2.37. The Morgan fingerprint density at radius 2 is 1.79 bits per heavy atom. The standard InChI is InChI=1S/C19H21N3OS/c1-3-14-4-8-16(9-5-14)18-13-24-19(22-21-18)20-12-15-6-10-17(23-2)11-7-15/h4-11H,3,12-13H2,1-2H3,(H,20,22). The average molecular weight is 339 g/mol. The van der Waals surface area contributed by atoms with E-state index in [9.17, 15) is 0 Å². The van der Waals surface area contributed by atoms with Crippen LogP contribution in [0.5, 0.6) is 5.75 Å². The van der Waals surface area contributed by atoms with Gasteiger partial charge in [-0.2, -0.15) is 5.10 Å². The van der Waals surface area contributed by atoms with E-state index in [1.54, 1.807) is 18.9 Å². The Balaban J connectivity index is 1.60. The molecule has 1 aliphatic rings. The van der Waals surface area contributed by atoms with Gasteiger partial charge in [-0.05, 0) is 35.2 Å². The monoisotopic (exact) mass is 339 g/mol. The van der Waals surface area contributed by atoms with E-state index in [-0.39, 0.29) is 0 Å². The number of aryl methyl sites for hydroxylation is 1. The van der Waals surface area contributed by atoms with Crippen LogP contribution in [0.1, 0.15) is 23.6 Å². The number of benzene rings is 2. The van der Waals surface area contributed by atoms with Gasteiger partial charge in [0.25, 0.3) is 0 Å². The summed E-state index contributed by atoms with van der Waals surface area (Å²) in [6, 6.07) is 16.6. The molecule has 124 valence electrons. The number of nitrogens with zero attached hydrogens (tertiary/aromatic N) is 2. The van der Waals surface area contributed by atoms with Crippen molar-refractivity contribution in [1.29, 1.82) is 0 Å². The van der Waals surface area contributed by atoms with Crippen molar-refractivity contribution in [3.8, 4) is 5.75 Å². The molecule has 0 radical (unpaired) electrons. The molecule has 2 aromatic carbocycles. The lowest BCUT2D eigenvalue weighted by Gasteiger charge is -2.15. The number of rotatable bonds is 5. The molecular formula is C19H21N3OS. The van der Waals surface area contributed by atoms with Crippen LogP contribution in [0.3, 0.4) is 0 Å². The number of methoxy groups -OCH3 is 1. The van der Waals surface area contributed by atoms with Gasteiger partial charge in [-0.3, -0.25) is 10.4 Å². The molecule has 2 aromatic rings. The van der Waals surface area contributed by atoms with Crippen molar-refractivity contribution in [2.75, 3.05) is 12.9 Å². The summed E-state index contributed by atoms with van der Waals surface area (Å²) in [6.45, 7) is 2.80. The van der Waals surface area contributed by atoms with E-state index in [1.807, 2.05) is 24.3 Å². The predicted molar refractivity (Wildman–Crippen MR) is 102 cm³/mol. The number of aliphatic imine (C=N–C) groups is 1. The highest BCUT2D eigenvalue weighted by Gasteiger charge is 2.12. The first kappa shape index (κ1) is 16.6. The minimum absolute atomic E-state index is 0.634. The Morgan fingerprint density at radius 1 is 1.08 bits per heavy atom. The van der Waals surface area contributed by atoms with Crippen LogP contribution in [0.2, 0.25) is 0 Å². The second-order valence-corrected chi connectivity index (χ2v) is 6.44. The van der Waals surface area contributed by atoms with Gasteiger partial charge >= 0.3 is 0 Å². The summed E-state index contributed by atoms with van der Waals surface area (Å²) in [4.78, 5) is 4.59. The first-order valence-corrected chi connectivity index (χ1v) is 8.99. The Hall–Kier alpha value is -2.27. The van der Waals surface area contributed by atoms with Gasteiger partial charge < -0.3 is 4.74 Å². The normalized spacial score (nSPS) is 15.8. The fourth-order valence-corrected chi connectivity index (χ4v) is 3.14. The molecule has 0 amide bonds. The molecule has 5 heteroatoms. The quantitative estimate of drug-likeness (QED) is 0.900. The van der Waals surface area contributed by atoms with Crippen LogP contribution >= 0.6 is 11.8 Å². The molecule has 1 aliphatic heterocycles. The molecule has 0 saturated carbocycles. The number of ether oxygens (including phenoxy) is 1. The van der Waals surface area contributed by atoms with Gasteiger partial charge in [-0.15, -0.1) is 0 Å². The van der Waals surface area contributed by atoms with Crippen LogP contribution in [0.25, 0.3) is 0 Å². The summed E-state index contributed by atoms with van der Waals surface area (Å²) in [7, 11) is 1.67. The zero-order valence-electron chi connectivity index (χ0n) is 14.0. The van der Waals surface area contributed by atoms with Crippen molar-refractivity contribution in [2.24, 2.45) is 10.1 Å². The summed E-state index contributed by atoms with van der Waals surface area (Å²) in [6.07, 6.45) is 1.06. The molecule has 0 aromatic heterocycles. The maximum Gasteiger partial charge on any atom is 0.177 e. The van der Waals surface area contributed by atoms with Crippen LogP contribution in [0.15, 0.2) is 58.6 Å². The topological polar surface area (TPSA) is 46.0 Å². The van der Waals surface area contributed by atoms with E-state index in [1.165, 1.54) is 11.1 Å². The fraction of sp³-hybridized carbons (Fsp3) is 0.263. The van der Waals surface area contributed by atoms with Gasteiger partial charge in [0.15, 0.2) is 5.17 Å².